The number of hydrogen-bond donors (Lipinski definition) is 8. The zero-order valence-electron chi connectivity index (χ0n) is 29.5. The Morgan fingerprint density at radius 2 is 0.907 bits per heavy atom. The molecule has 2 heterocycles. The van der Waals surface area contributed by atoms with Crippen molar-refractivity contribution in [3.63, 3.8) is 0 Å². The number of rotatable bonds is 10. The first-order valence-corrected chi connectivity index (χ1v) is 18.4. The highest BCUT2D eigenvalue weighted by molar-refractivity contribution is 7.13. The van der Waals surface area contributed by atoms with Crippen molar-refractivity contribution < 1.29 is 19.2 Å². The maximum Gasteiger partial charge on any atom is 0.255 e. The van der Waals surface area contributed by atoms with Crippen LogP contribution in [0.1, 0.15) is 43.9 Å². The van der Waals surface area contributed by atoms with Gasteiger partial charge in [-0.25, -0.2) is 0 Å². The summed E-state index contributed by atoms with van der Waals surface area (Å²) in [4.78, 5) is 50.5. The summed E-state index contributed by atoms with van der Waals surface area (Å²) >= 11 is 3.23. The number of benzene rings is 4. The average Bonchev–Trinajstić information content (AvgIpc) is 3.95. The first-order chi connectivity index (χ1) is 26.0. The molecule has 0 aliphatic heterocycles. The molecule has 54 heavy (non-hydrogen) atoms. The molecule has 0 spiro atoms. The summed E-state index contributed by atoms with van der Waals surface area (Å²) in [6.45, 7) is 0. The fourth-order valence-corrected chi connectivity index (χ4v) is 6.66. The predicted octanol–water partition coefficient (Wildman–Crippen LogP) is 5.99. The van der Waals surface area contributed by atoms with Gasteiger partial charge in [0.1, 0.15) is 12.1 Å². The van der Waals surface area contributed by atoms with E-state index in [9.17, 15) is 19.2 Å². The van der Waals surface area contributed by atoms with Crippen molar-refractivity contribution in [2.75, 3.05) is 36.2 Å². The van der Waals surface area contributed by atoms with Gasteiger partial charge in [-0.3, -0.25) is 19.2 Å². The van der Waals surface area contributed by atoms with E-state index in [0.717, 1.165) is 20.9 Å². The van der Waals surface area contributed by atoms with Gasteiger partial charge in [0.05, 0.1) is 22.7 Å². The van der Waals surface area contributed by atoms with Crippen LogP contribution in [0.2, 0.25) is 0 Å². The lowest BCUT2D eigenvalue weighted by Crippen LogP contribution is -2.31. The molecule has 0 saturated heterocycles. The molecule has 2 atom stereocenters. The lowest BCUT2D eigenvalue weighted by molar-refractivity contribution is -0.122. The van der Waals surface area contributed by atoms with Crippen LogP contribution in [0.5, 0.6) is 0 Å². The van der Waals surface area contributed by atoms with Gasteiger partial charge in [-0.05, 0) is 93.7 Å². The molecule has 4 amide bonds. The van der Waals surface area contributed by atoms with Crippen molar-refractivity contribution in [1.82, 2.24) is 10.6 Å². The molecule has 12 nitrogen and oxygen atoms in total. The van der Waals surface area contributed by atoms with Crippen LogP contribution in [0.4, 0.5) is 22.7 Å². The first kappa shape index (κ1) is 38.9. The quantitative estimate of drug-likeness (QED) is 0.0773. The predicted molar refractivity (Wildman–Crippen MR) is 219 cm³/mol. The van der Waals surface area contributed by atoms with Gasteiger partial charge in [-0.2, -0.15) is 0 Å². The van der Waals surface area contributed by atoms with Crippen molar-refractivity contribution in [2.45, 2.75) is 12.1 Å². The van der Waals surface area contributed by atoms with E-state index in [4.69, 9.17) is 22.9 Å². The first-order valence-electron chi connectivity index (χ1n) is 16.6. The molecular formula is C40H40N8O4S2. The zero-order chi connectivity index (χ0) is 38.8. The van der Waals surface area contributed by atoms with Crippen molar-refractivity contribution in [2.24, 2.45) is 11.5 Å². The van der Waals surface area contributed by atoms with Gasteiger partial charge >= 0.3 is 0 Å². The Morgan fingerprint density at radius 1 is 0.537 bits per heavy atom. The van der Waals surface area contributed by atoms with E-state index in [0.29, 0.717) is 45.0 Å². The van der Waals surface area contributed by atoms with Crippen molar-refractivity contribution in [3.8, 4) is 20.9 Å². The number of carbonyl (C=O) groups is 4. The van der Waals surface area contributed by atoms with Gasteiger partial charge in [0.25, 0.3) is 11.8 Å². The topological polar surface area (TPSA) is 220 Å². The number of nitrogens with two attached hydrogens (primary N) is 4. The van der Waals surface area contributed by atoms with Crippen molar-refractivity contribution in [1.29, 1.82) is 0 Å². The molecule has 12 N–H and O–H groups in total. The second-order valence-corrected chi connectivity index (χ2v) is 13.8. The highest BCUT2D eigenvalue weighted by atomic mass is 32.1. The standard InChI is InChI=1S/2C20H20N4O2S/c2*1-23-20(26)18(22)12-4-6-13(7-5-12)19(25)24-16-11-14(8-9-15(16)21)17-3-2-10-27-17/h2*2-11,18H,21-22H2,1H3,(H,23,26)(H,24,25)/t18-;/m0./s1. The fourth-order valence-electron chi connectivity index (χ4n) is 5.21. The number of nitrogens with one attached hydrogen (secondary N) is 4. The molecule has 0 fully saturated rings. The third-order valence-corrected chi connectivity index (χ3v) is 10.2. The summed E-state index contributed by atoms with van der Waals surface area (Å²) in [6.07, 6.45) is 0. The molecule has 4 aromatic carbocycles. The number of anilines is 4. The number of nitrogen functional groups attached to an aromatic ring is 2. The van der Waals surface area contributed by atoms with Gasteiger partial charge in [0.2, 0.25) is 11.8 Å². The van der Waals surface area contributed by atoms with Crippen LogP contribution >= 0.6 is 22.7 Å². The van der Waals surface area contributed by atoms with Crippen LogP contribution in [0.25, 0.3) is 20.9 Å². The second kappa shape index (κ2) is 17.9. The number of likely N-dealkylation sites (N-methyl/N-ethyl adjacent to an activating group) is 2. The lowest BCUT2D eigenvalue weighted by atomic mass is 10.0. The Labute approximate surface area is 320 Å². The van der Waals surface area contributed by atoms with Crippen molar-refractivity contribution >= 4 is 69.1 Å². The molecule has 2 aromatic heterocycles. The van der Waals surface area contributed by atoms with E-state index in [-0.39, 0.29) is 23.6 Å². The van der Waals surface area contributed by atoms with E-state index in [1.165, 1.54) is 14.1 Å². The highest BCUT2D eigenvalue weighted by Gasteiger charge is 2.17. The van der Waals surface area contributed by atoms with Gasteiger partial charge in [-0.15, -0.1) is 22.7 Å². The summed E-state index contributed by atoms with van der Waals surface area (Å²) in [5.41, 5.74) is 29.9. The smallest absolute Gasteiger partial charge is 0.255 e. The minimum atomic E-state index is -0.773. The Balaban J connectivity index is 0.000000208. The number of hydrogen-bond acceptors (Lipinski definition) is 10. The number of thiophene rings is 2. The number of amides is 4. The summed E-state index contributed by atoms with van der Waals surface area (Å²) in [5, 5.41) is 14.7. The van der Waals surface area contributed by atoms with E-state index in [2.05, 4.69) is 21.3 Å². The maximum atomic E-state index is 12.6. The molecular weight excluding hydrogens is 721 g/mol. The summed E-state index contributed by atoms with van der Waals surface area (Å²) in [6, 6.07) is 30.7. The molecule has 14 heteroatoms. The lowest BCUT2D eigenvalue weighted by Gasteiger charge is -2.12. The van der Waals surface area contributed by atoms with Crippen LogP contribution in [-0.2, 0) is 9.59 Å². The molecule has 0 bridgehead atoms. The molecule has 6 aromatic rings. The van der Waals surface area contributed by atoms with Gasteiger partial charge in [0.15, 0.2) is 0 Å². The minimum absolute atomic E-state index is 0.287. The fraction of sp³-hybridized carbons (Fsp3) is 0.100. The SMILES string of the molecule is CNC(=O)C(N)c1ccc(C(=O)Nc2cc(-c3cccs3)ccc2N)cc1.CNC(=O)[C@@H](N)c1ccc(C(=O)Nc2cc(-c3cccs3)ccc2N)cc1. The molecule has 0 radical (unpaired) electrons. The third kappa shape index (κ3) is 9.56. The maximum absolute atomic E-state index is 12.6. The summed E-state index contributed by atoms with van der Waals surface area (Å²) < 4.78 is 0. The zero-order valence-corrected chi connectivity index (χ0v) is 31.1. The van der Waals surface area contributed by atoms with Crippen LogP contribution in [0.3, 0.4) is 0 Å². The van der Waals surface area contributed by atoms with Crippen LogP contribution in [-0.4, -0.2) is 37.7 Å². The van der Waals surface area contributed by atoms with E-state index < -0.39 is 12.1 Å². The molecule has 1 unspecified atom stereocenters. The summed E-state index contributed by atoms with van der Waals surface area (Å²) in [7, 11) is 3.05. The number of carbonyl (C=O) groups excluding carboxylic acids is 4. The highest BCUT2D eigenvalue weighted by Crippen LogP contribution is 2.32. The Bertz CT molecular complexity index is 2060. The molecule has 0 aliphatic carbocycles. The van der Waals surface area contributed by atoms with E-state index in [1.807, 2.05) is 59.3 Å². The molecule has 6 rings (SSSR count). The van der Waals surface area contributed by atoms with Crippen LogP contribution in [0.15, 0.2) is 120 Å². The second-order valence-electron chi connectivity index (χ2n) is 11.9. The van der Waals surface area contributed by atoms with Gasteiger partial charge in [0, 0.05) is 35.0 Å². The Kier molecular flexibility index (Phi) is 12.9. The molecule has 276 valence electrons. The third-order valence-electron chi connectivity index (χ3n) is 8.34. The van der Waals surface area contributed by atoms with Gasteiger partial charge in [-0.1, -0.05) is 48.5 Å². The molecule has 0 saturated carbocycles. The van der Waals surface area contributed by atoms with E-state index in [1.54, 1.807) is 83.3 Å². The monoisotopic (exact) mass is 760 g/mol. The normalized spacial score (nSPS) is 11.6. The van der Waals surface area contributed by atoms with E-state index >= 15 is 0 Å². The van der Waals surface area contributed by atoms with Crippen molar-refractivity contribution in [3.05, 3.63) is 142 Å². The Morgan fingerprint density at radius 3 is 1.22 bits per heavy atom. The Hall–Kier alpha value is -6.32. The largest absolute Gasteiger partial charge is 0.397 e. The molecule has 0 aliphatic rings. The average molecular weight is 761 g/mol. The minimum Gasteiger partial charge on any atom is -0.397 e. The van der Waals surface area contributed by atoms with Crippen LogP contribution < -0.4 is 44.2 Å². The van der Waals surface area contributed by atoms with Crippen LogP contribution in [0, 0.1) is 0 Å². The van der Waals surface area contributed by atoms with Gasteiger partial charge < -0.3 is 44.2 Å². The summed E-state index contributed by atoms with van der Waals surface area (Å²) in [5.74, 6) is -1.15.